The number of rotatable bonds is 5. The predicted molar refractivity (Wildman–Crippen MR) is 67.9 cm³/mol. The summed E-state index contributed by atoms with van der Waals surface area (Å²) in [6.07, 6.45) is 2.51. The smallest absolute Gasteiger partial charge is 0.124 e. The molecule has 1 aromatic carbocycles. The molecule has 0 aromatic heterocycles. The minimum Gasteiger partial charge on any atom is -0.396 e. The van der Waals surface area contributed by atoms with Crippen LogP contribution in [0.4, 0.5) is 4.39 Å². The van der Waals surface area contributed by atoms with Crippen molar-refractivity contribution in [2.45, 2.75) is 33.1 Å². The number of aliphatic hydroxyl groups is 1. The fourth-order valence-corrected chi connectivity index (χ4v) is 2.44. The summed E-state index contributed by atoms with van der Waals surface area (Å²) in [6.45, 7) is 4.27. The van der Waals surface area contributed by atoms with Gasteiger partial charge in [0.05, 0.1) is 0 Å². The van der Waals surface area contributed by atoms with E-state index in [0.717, 1.165) is 22.9 Å². The van der Waals surface area contributed by atoms with Gasteiger partial charge in [0.1, 0.15) is 5.82 Å². The Bertz CT molecular complexity index is 319. The standard InChI is InChI=1S/C13H18BrFO/c1-3-13(4-2,9-16)8-10-5-11(14)7-12(15)6-10/h5-7,16H,3-4,8-9H2,1-2H3. The quantitative estimate of drug-likeness (QED) is 0.870. The zero-order valence-electron chi connectivity index (χ0n) is 9.76. The molecule has 0 aliphatic heterocycles. The third-order valence-electron chi connectivity index (χ3n) is 3.34. The Morgan fingerprint density at radius 1 is 1.25 bits per heavy atom. The second kappa shape index (κ2) is 5.78. The minimum atomic E-state index is -0.233. The third-order valence-corrected chi connectivity index (χ3v) is 3.79. The van der Waals surface area contributed by atoms with E-state index in [0.29, 0.717) is 6.42 Å². The molecule has 0 spiro atoms. The fraction of sp³-hybridized carbons (Fsp3) is 0.538. The molecule has 3 heteroatoms. The van der Waals surface area contributed by atoms with Gasteiger partial charge in [-0.25, -0.2) is 4.39 Å². The Morgan fingerprint density at radius 3 is 2.31 bits per heavy atom. The number of hydrogen-bond acceptors (Lipinski definition) is 1. The van der Waals surface area contributed by atoms with Crippen LogP contribution in [0.5, 0.6) is 0 Å². The Balaban J connectivity index is 2.93. The normalized spacial score (nSPS) is 11.8. The molecule has 0 fully saturated rings. The maximum absolute atomic E-state index is 13.2. The van der Waals surface area contributed by atoms with Gasteiger partial charge < -0.3 is 5.11 Å². The van der Waals surface area contributed by atoms with Gasteiger partial charge in [0.15, 0.2) is 0 Å². The van der Waals surface area contributed by atoms with Gasteiger partial charge in [0.25, 0.3) is 0 Å². The van der Waals surface area contributed by atoms with Crippen LogP contribution in [0.15, 0.2) is 22.7 Å². The van der Waals surface area contributed by atoms with Crippen molar-refractivity contribution in [2.24, 2.45) is 5.41 Å². The van der Waals surface area contributed by atoms with Crippen molar-refractivity contribution in [3.63, 3.8) is 0 Å². The van der Waals surface area contributed by atoms with Crippen molar-refractivity contribution in [1.82, 2.24) is 0 Å². The van der Waals surface area contributed by atoms with E-state index in [4.69, 9.17) is 0 Å². The molecule has 1 N–H and O–H groups in total. The fourth-order valence-electron chi connectivity index (χ4n) is 1.93. The molecule has 0 saturated carbocycles. The first-order chi connectivity index (χ1) is 7.55. The maximum Gasteiger partial charge on any atom is 0.124 e. The summed E-state index contributed by atoms with van der Waals surface area (Å²) in [7, 11) is 0. The van der Waals surface area contributed by atoms with E-state index in [1.807, 2.05) is 6.07 Å². The molecular weight excluding hydrogens is 271 g/mol. The molecule has 90 valence electrons. The average molecular weight is 289 g/mol. The van der Waals surface area contributed by atoms with E-state index in [-0.39, 0.29) is 17.8 Å². The van der Waals surface area contributed by atoms with E-state index in [2.05, 4.69) is 29.8 Å². The van der Waals surface area contributed by atoms with Crippen LogP contribution in [-0.2, 0) is 6.42 Å². The summed E-state index contributed by atoms with van der Waals surface area (Å²) in [5, 5.41) is 9.47. The first kappa shape index (κ1) is 13.7. The highest BCUT2D eigenvalue weighted by molar-refractivity contribution is 9.10. The van der Waals surface area contributed by atoms with Crippen LogP contribution in [0.25, 0.3) is 0 Å². The molecule has 0 atom stereocenters. The molecule has 0 radical (unpaired) electrons. The zero-order chi connectivity index (χ0) is 12.2. The summed E-state index contributed by atoms with van der Waals surface area (Å²) >= 11 is 3.28. The largest absolute Gasteiger partial charge is 0.396 e. The second-order valence-electron chi connectivity index (χ2n) is 4.32. The molecule has 16 heavy (non-hydrogen) atoms. The van der Waals surface area contributed by atoms with Gasteiger partial charge in [0.2, 0.25) is 0 Å². The van der Waals surface area contributed by atoms with Gasteiger partial charge in [0, 0.05) is 11.1 Å². The van der Waals surface area contributed by atoms with Gasteiger partial charge in [-0.1, -0.05) is 29.8 Å². The van der Waals surface area contributed by atoms with Crippen LogP contribution in [0.1, 0.15) is 32.3 Å². The zero-order valence-corrected chi connectivity index (χ0v) is 11.3. The lowest BCUT2D eigenvalue weighted by Gasteiger charge is -2.29. The van der Waals surface area contributed by atoms with E-state index in [9.17, 15) is 9.50 Å². The van der Waals surface area contributed by atoms with Crippen molar-refractivity contribution < 1.29 is 9.50 Å². The monoisotopic (exact) mass is 288 g/mol. The average Bonchev–Trinajstić information content (AvgIpc) is 2.25. The number of hydrogen-bond donors (Lipinski definition) is 1. The van der Waals surface area contributed by atoms with Crippen molar-refractivity contribution in [3.8, 4) is 0 Å². The molecule has 0 saturated heterocycles. The van der Waals surface area contributed by atoms with Gasteiger partial charge in [-0.2, -0.15) is 0 Å². The molecule has 0 amide bonds. The second-order valence-corrected chi connectivity index (χ2v) is 5.24. The Kier molecular flexibility index (Phi) is 4.93. The molecule has 1 aromatic rings. The molecule has 1 rings (SSSR count). The van der Waals surface area contributed by atoms with Gasteiger partial charge in [-0.3, -0.25) is 0 Å². The van der Waals surface area contributed by atoms with Gasteiger partial charge >= 0.3 is 0 Å². The molecular formula is C13H18BrFO. The summed E-state index contributed by atoms with van der Waals surface area (Å²) < 4.78 is 14.0. The summed E-state index contributed by atoms with van der Waals surface area (Å²) in [5.41, 5.74) is 0.817. The van der Waals surface area contributed by atoms with E-state index >= 15 is 0 Å². The number of halogens is 2. The van der Waals surface area contributed by atoms with E-state index in [1.165, 1.54) is 6.07 Å². The number of aliphatic hydroxyl groups excluding tert-OH is 1. The Morgan fingerprint density at radius 2 is 1.88 bits per heavy atom. The Hall–Kier alpha value is -0.410. The van der Waals surface area contributed by atoms with Crippen molar-refractivity contribution >= 4 is 15.9 Å². The van der Waals surface area contributed by atoms with Crippen LogP contribution in [-0.4, -0.2) is 11.7 Å². The first-order valence-electron chi connectivity index (χ1n) is 5.61. The molecule has 1 nitrogen and oxygen atoms in total. The predicted octanol–water partition coefficient (Wildman–Crippen LogP) is 3.93. The van der Waals surface area contributed by atoms with Gasteiger partial charge in [-0.05, 0) is 48.4 Å². The third kappa shape index (κ3) is 3.29. The van der Waals surface area contributed by atoms with Crippen LogP contribution < -0.4 is 0 Å². The topological polar surface area (TPSA) is 20.2 Å². The molecule has 0 heterocycles. The van der Waals surface area contributed by atoms with Crippen molar-refractivity contribution in [2.75, 3.05) is 6.61 Å². The van der Waals surface area contributed by atoms with Crippen molar-refractivity contribution in [1.29, 1.82) is 0 Å². The lowest BCUT2D eigenvalue weighted by atomic mass is 9.78. The minimum absolute atomic E-state index is 0.118. The van der Waals surface area contributed by atoms with E-state index < -0.39 is 0 Å². The molecule has 0 bridgehead atoms. The van der Waals surface area contributed by atoms with Crippen LogP contribution in [0.3, 0.4) is 0 Å². The highest BCUT2D eigenvalue weighted by Gasteiger charge is 2.25. The summed E-state index contributed by atoms with van der Waals surface area (Å²) in [4.78, 5) is 0. The number of benzene rings is 1. The van der Waals surface area contributed by atoms with E-state index in [1.54, 1.807) is 6.07 Å². The first-order valence-corrected chi connectivity index (χ1v) is 6.40. The van der Waals surface area contributed by atoms with Crippen LogP contribution in [0.2, 0.25) is 0 Å². The highest BCUT2D eigenvalue weighted by Crippen LogP contribution is 2.31. The molecule has 0 aliphatic rings. The molecule has 0 unspecified atom stereocenters. The summed E-state index contributed by atoms with van der Waals surface area (Å²) in [5.74, 6) is -0.233. The summed E-state index contributed by atoms with van der Waals surface area (Å²) in [6, 6.07) is 4.90. The van der Waals surface area contributed by atoms with Crippen molar-refractivity contribution in [3.05, 3.63) is 34.1 Å². The molecule has 0 aliphatic carbocycles. The lowest BCUT2D eigenvalue weighted by molar-refractivity contribution is 0.115. The lowest BCUT2D eigenvalue weighted by Crippen LogP contribution is -2.26. The maximum atomic E-state index is 13.2. The van der Waals surface area contributed by atoms with Crippen LogP contribution in [0, 0.1) is 11.2 Å². The highest BCUT2D eigenvalue weighted by atomic mass is 79.9. The SMILES string of the molecule is CCC(CC)(CO)Cc1cc(F)cc(Br)c1. The Labute approximate surface area is 105 Å². The van der Waals surface area contributed by atoms with Crippen LogP contribution >= 0.6 is 15.9 Å². The van der Waals surface area contributed by atoms with Gasteiger partial charge in [-0.15, -0.1) is 0 Å².